The van der Waals surface area contributed by atoms with Gasteiger partial charge in [-0.1, -0.05) is 32.4 Å². The molecule has 5 heteroatoms. The summed E-state index contributed by atoms with van der Waals surface area (Å²) in [6.07, 6.45) is 2.70. The number of benzene rings is 1. The largest absolute Gasteiger partial charge is 0.329 e. The molecule has 3 N–H and O–H groups in total. The van der Waals surface area contributed by atoms with Gasteiger partial charge in [-0.05, 0) is 30.5 Å². The van der Waals surface area contributed by atoms with Gasteiger partial charge < -0.3 is 5.73 Å². The zero-order chi connectivity index (χ0) is 13.6. The van der Waals surface area contributed by atoms with E-state index < -0.39 is 10.0 Å². The van der Waals surface area contributed by atoms with Gasteiger partial charge in [0.05, 0.1) is 4.90 Å². The molecule has 0 fully saturated rings. The van der Waals surface area contributed by atoms with Crippen LogP contribution in [0.25, 0.3) is 0 Å². The van der Waals surface area contributed by atoms with Crippen molar-refractivity contribution in [1.82, 2.24) is 4.72 Å². The van der Waals surface area contributed by atoms with Crippen molar-refractivity contribution < 1.29 is 8.42 Å². The summed E-state index contributed by atoms with van der Waals surface area (Å²) in [5.41, 5.74) is 6.66. The molecule has 102 valence electrons. The molecule has 0 saturated carbocycles. The number of hydrogen-bond acceptors (Lipinski definition) is 3. The molecule has 0 radical (unpaired) electrons. The van der Waals surface area contributed by atoms with E-state index in [0.29, 0.717) is 17.9 Å². The molecule has 0 aliphatic heterocycles. The maximum Gasteiger partial charge on any atom is 0.240 e. The van der Waals surface area contributed by atoms with Crippen LogP contribution in [0.4, 0.5) is 0 Å². The minimum Gasteiger partial charge on any atom is -0.329 e. The molecular weight excluding hydrogens is 248 g/mol. The van der Waals surface area contributed by atoms with E-state index in [2.05, 4.69) is 11.6 Å². The van der Waals surface area contributed by atoms with Crippen molar-refractivity contribution in [2.45, 2.75) is 44.0 Å². The lowest BCUT2D eigenvalue weighted by Crippen LogP contribution is -2.39. The summed E-state index contributed by atoms with van der Waals surface area (Å²) in [5, 5.41) is 0. The molecular formula is C13H22N2O2S. The standard InChI is InChI=1S/C13H22N2O2S/c1-3-5-11-6-8-13(9-7-11)18(16,17)15-12(4-2)10-14/h6-9,12,15H,3-5,10,14H2,1-2H3. The first-order valence-corrected chi connectivity index (χ1v) is 7.83. The topological polar surface area (TPSA) is 72.2 Å². The minimum atomic E-state index is -3.45. The third-order valence-electron chi connectivity index (χ3n) is 2.87. The molecule has 0 heterocycles. The van der Waals surface area contributed by atoms with Crippen LogP contribution in [0.15, 0.2) is 29.2 Å². The Bertz CT molecular complexity index is 450. The fraction of sp³-hybridized carbons (Fsp3) is 0.538. The van der Waals surface area contributed by atoms with Crippen LogP contribution in [-0.4, -0.2) is 21.0 Å². The predicted molar refractivity (Wildman–Crippen MR) is 73.9 cm³/mol. The Labute approximate surface area is 110 Å². The van der Waals surface area contributed by atoms with Crippen LogP contribution in [0.2, 0.25) is 0 Å². The van der Waals surface area contributed by atoms with E-state index in [1.807, 2.05) is 19.1 Å². The Morgan fingerprint density at radius 2 is 1.83 bits per heavy atom. The smallest absolute Gasteiger partial charge is 0.240 e. The second kappa shape index (κ2) is 6.87. The fourth-order valence-electron chi connectivity index (χ4n) is 1.71. The van der Waals surface area contributed by atoms with E-state index in [4.69, 9.17) is 5.73 Å². The Balaban J connectivity index is 2.84. The summed E-state index contributed by atoms with van der Waals surface area (Å²) in [7, 11) is -3.45. The third kappa shape index (κ3) is 4.08. The van der Waals surface area contributed by atoms with E-state index in [1.165, 1.54) is 0 Å². The zero-order valence-electron chi connectivity index (χ0n) is 11.0. The van der Waals surface area contributed by atoms with Crippen molar-refractivity contribution in [3.63, 3.8) is 0 Å². The van der Waals surface area contributed by atoms with E-state index >= 15 is 0 Å². The van der Waals surface area contributed by atoms with Crippen molar-refractivity contribution >= 4 is 10.0 Å². The highest BCUT2D eigenvalue weighted by Crippen LogP contribution is 2.12. The molecule has 0 amide bonds. The van der Waals surface area contributed by atoms with Crippen molar-refractivity contribution in [2.75, 3.05) is 6.54 Å². The minimum absolute atomic E-state index is 0.203. The summed E-state index contributed by atoms with van der Waals surface area (Å²) in [6, 6.07) is 6.82. The summed E-state index contributed by atoms with van der Waals surface area (Å²) in [4.78, 5) is 0.300. The van der Waals surface area contributed by atoms with Gasteiger partial charge in [0.1, 0.15) is 0 Å². The van der Waals surface area contributed by atoms with Gasteiger partial charge in [-0.25, -0.2) is 13.1 Å². The maximum atomic E-state index is 12.1. The molecule has 1 atom stereocenters. The van der Waals surface area contributed by atoms with Gasteiger partial charge >= 0.3 is 0 Å². The first kappa shape index (κ1) is 15.1. The van der Waals surface area contributed by atoms with Gasteiger partial charge in [-0.2, -0.15) is 0 Å². The van der Waals surface area contributed by atoms with Gasteiger partial charge in [0.25, 0.3) is 0 Å². The van der Waals surface area contributed by atoms with Gasteiger partial charge in [-0.15, -0.1) is 0 Å². The zero-order valence-corrected chi connectivity index (χ0v) is 11.8. The molecule has 0 aliphatic rings. The quantitative estimate of drug-likeness (QED) is 0.791. The van der Waals surface area contributed by atoms with Crippen LogP contribution in [0.5, 0.6) is 0 Å². The number of sulfonamides is 1. The number of hydrogen-bond donors (Lipinski definition) is 2. The molecule has 0 saturated heterocycles. The van der Waals surface area contributed by atoms with Gasteiger partial charge in [0, 0.05) is 12.6 Å². The maximum absolute atomic E-state index is 12.1. The molecule has 1 rings (SSSR count). The first-order valence-electron chi connectivity index (χ1n) is 6.34. The van der Waals surface area contributed by atoms with E-state index in [1.54, 1.807) is 12.1 Å². The molecule has 0 spiro atoms. The highest BCUT2D eigenvalue weighted by atomic mass is 32.2. The Hall–Kier alpha value is -0.910. The normalized spacial score (nSPS) is 13.5. The highest BCUT2D eigenvalue weighted by Gasteiger charge is 2.17. The summed E-state index contributed by atoms with van der Waals surface area (Å²) >= 11 is 0. The predicted octanol–water partition coefficient (Wildman–Crippen LogP) is 1.65. The van der Waals surface area contributed by atoms with Crippen LogP contribution in [-0.2, 0) is 16.4 Å². The van der Waals surface area contributed by atoms with Crippen molar-refractivity contribution in [3.05, 3.63) is 29.8 Å². The number of nitrogens with one attached hydrogen (secondary N) is 1. The Morgan fingerprint density at radius 1 is 1.22 bits per heavy atom. The summed E-state index contributed by atoms with van der Waals surface area (Å²) < 4.78 is 26.7. The number of rotatable bonds is 7. The van der Waals surface area contributed by atoms with Crippen LogP contribution >= 0.6 is 0 Å². The van der Waals surface area contributed by atoms with E-state index in [-0.39, 0.29) is 6.04 Å². The number of aryl methyl sites for hydroxylation is 1. The second-order valence-electron chi connectivity index (χ2n) is 4.36. The SMILES string of the molecule is CCCc1ccc(S(=O)(=O)NC(CC)CN)cc1. The first-order chi connectivity index (χ1) is 8.53. The molecule has 18 heavy (non-hydrogen) atoms. The van der Waals surface area contributed by atoms with Crippen LogP contribution in [0, 0.1) is 0 Å². The van der Waals surface area contributed by atoms with Crippen molar-refractivity contribution in [2.24, 2.45) is 5.73 Å². The Kier molecular flexibility index (Phi) is 5.78. The van der Waals surface area contributed by atoms with Crippen molar-refractivity contribution in [1.29, 1.82) is 0 Å². The molecule has 4 nitrogen and oxygen atoms in total. The average Bonchev–Trinajstić information content (AvgIpc) is 2.37. The van der Waals surface area contributed by atoms with Crippen molar-refractivity contribution in [3.8, 4) is 0 Å². The molecule has 1 aromatic carbocycles. The fourth-order valence-corrected chi connectivity index (χ4v) is 3.04. The van der Waals surface area contributed by atoms with Crippen LogP contribution < -0.4 is 10.5 Å². The second-order valence-corrected chi connectivity index (χ2v) is 6.07. The van der Waals surface area contributed by atoms with Crippen LogP contribution in [0.3, 0.4) is 0 Å². The van der Waals surface area contributed by atoms with E-state index in [0.717, 1.165) is 18.4 Å². The van der Waals surface area contributed by atoms with Gasteiger partial charge in [-0.3, -0.25) is 0 Å². The molecule has 0 aliphatic carbocycles. The van der Waals surface area contributed by atoms with Gasteiger partial charge in [0.2, 0.25) is 10.0 Å². The summed E-state index contributed by atoms with van der Waals surface area (Å²) in [6.45, 7) is 4.31. The van der Waals surface area contributed by atoms with E-state index in [9.17, 15) is 8.42 Å². The summed E-state index contributed by atoms with van der Waals surface area (Å²) in [5.74, 6) is 0. The number of nitrogens with two attached hydrogens (primary N) is 1. The molecule has 0 aromatic heterocycles. The lowest BCUT2D eigenvalue weighted by Gasteiger charge is -2.15. The molecule has 0 bridgehead atoms. The molecule has 1 aromatic rings. The monoisotopic (exact) mass is 270 g/mol. The van der Waals surface area contributed by atoms with Crippen LogP contribution in [0.1, 0.15) is 32.3 Å². The lowest BCUT2D eigenvalue weighted by atomic mass is 10.1. The average molecular weight is 270 g/mol. The highest BCUT2D eigenvalue weighted by molar-refractivity contribution is 7.89. The van der Waals surface area contributed by atoms with Gasteiger partial charge in [0.15, 0.2) is 0 Å². The third-order valence-corrected chi connectivity index (χ3v) is 4.41. The molecule has 1 unspecified atom stereocenters. The Morgan fingerprint density at radius 3 is 2.28 bits per heavy atom. The lowest BCUT2D eigenvalue weighted by molar-refractivity contribution is 0.542.